The predicted octanol–water partition coefficient (Wildman–Crippen LogP) is 1.19. The molecule has 0 amide bonds. The molecule has 0 radical (unpaired) electrons. The average Bonchev–Trinajstić information content (AvgIpc) is 2.89. The Morgan fingerprint density at radius 1 is 1.33 bits per heavy atom. The fourth-order valence-electron chi connectivity index (χ4n) is 6.14. The molecule has 1 spiro atoms. The number of carbonyl (C=O) groups excluding carboxylic acids is 1. The summed E-state index contributed by atoms with van der Waals surface area (Å²) in [5.74, 6) is 1.76. The van der Waals surface area contributed by atoms with Crippen molar-refractivity contribution in [3.8, 4) is 11.5 Å². The summed E-state index contributed by atoms with van der Waals surface area (Å²) in [4.78, 5) is 12.7. The lowest BCUT2D eigenvalue weighted by atomic mass is 9.48. The number of hydrogen-bond acceptors (Lipinski definition) is 4. The molecule has 1 N–H and O–H groups in total. The monoisotopic (exact) mass is 330 g/mol. The lowest BCUT2D eigenvalue weighted by Gasteiger charge is -2.63. The van der Waals surface area contributed by atoms with Crippen molar-refractivity contribution in [2.75, 3.05) is 27.7 Å². The molecule has 0 aromatic heterocycles. The second-order valence-electron chi connectivity index (χ2n) is 8.45. The fourth-order valence-corrected chi connectivity index (χ4v) is 6.14. The van der Waals surface area contributed by atoms with Crippen LogP contribution in [0, 0.1) is 0 Å². The third kappa shape index (κ3) is 1.35. The molecule has 24 heavy (non-hydrogen) atoms. The van der Waals surface area contributed by atoms with Gasteiger partial charge in [0.05, 0.1) is 33.2 Å². The largest absolute Gasteiger partial charge is 0.496 e. The highest BCUT2D eigenvalue weighted by atomic mass is 16.5. The van der Waals surface area contributed by atoms with Crippen LogP contribution in [0.1, 0.15) is 30.4 Å². The number of piperidine rings is 1. The van der Waals surface area contributed by atoms with Gasteiger partial charge in [0.15, 0.2) is 11.9 Å². The summed E-state index contributed by atoms with van der Waals surface area (Å²) >= 11 is 0. The zero-order chi connectivity index (χ0) is 16.9. The van der Waals surface area contributed by atoms with Crippen molar-refractivity contribution in [3.63, 3.8) is 0 Å². The van der Waals surface area contributed by atoms with E-state index in [0.29, 0.717) is 12.8 Å². The molecule has 1 aromatic rings. The summed E-state index contributed by atoms with van der Waals surface area (Å²) in [6.07, 6.45) is 1.94. The van der Waals surface area contributed by atoms with Gasteiger partial charge in [-0.25, -0.2) is 0 Å². The van der Waals surface area contributed by atoms with Crippen LogP contribution >= 0.6 is 0 Å². The summed E-state index contributed by atoms with van der Waals surface area (Å²) < 4.78 is 12.5. The Bertz CT molecular complexity index is 773. The van der Waals surface area contributed by atoms with E-state index in [1.54, 1.807) is 7.11 Å². The third-order valence-electron chi connectivity index (χ3n) is 7.28. The zero-order valence-electron chi connectivity index (χ0n) is 14.5. The van der Waals surface area contributed by atoms with Gasteiger partial charge >= 0.3 is 0 Å². The number of likely N-dealkylation sites (N-methyl/N-ethyl adjacent to an activating group) is 1. The molecule has 2 heterocycles. The van der Waals surface area contributed by atoms with Crippen molar-refractivity contribution in [2.45, 2.75) is 48.8 Å². The number of quaternary nitrogens is 1. The third-order valence-corrected chi connectivity index (χ3v) is 7.28. The molecule has 2 bridgehead atoms. The van der Waals surface area contributed by atoms with Gasteiger partial charge in [-0.05, 0) is 18.6 Å². The number of likely N-dealkylation sites (tertiary alicyclic amines) is 1. The van der Waals surface area contributed by atoms with Gasteiger partial charge in [-0.2, -0.15) is 0 Å². The van der Waals surface area contributed by atoms with E-state index in [-0.39, 0.29) is 11.8 Å². The predicted molar refractivity (Wildman–Crippen MR) is 87.4 cm³/mol. The number of rotatable bonds is 1. The van der Waals surface area contributed by atoms with Gasteiger partial charge in [0.1, 0.15) is 23.1 Å². The van der Waals surface area contributed by atoms with E-state index in [0.717, 1.165) is 46.5 Å². The zero-order valence-corrected chi connectivity index (χ0v) is 14.5. The SMILES string of the molecule is COc1ccc2c3c1C[C@H]1[C@]4(O)CCC(=O)C(O2)[C@@]34CC[N+]1(C)C. The van der Waals surface area contributed by atoms with Crippen LogP contribution in [0.4, 0.5) is 0 Å². The van der Waals surface area contributed by atoms with E-state index in [1.165, 1.54) is 0 Å². The molecule has 1 saturated heterocycles. The topological polar surface area (TPSA) is 55.8 Å². The molecule has 5 rings (SSSR count). The van der Waals surface area contributed by atoms with E-state index in [4.69, 9.17) is 9.47 Å². The number of ketones is 1. The maximum atomic E-state index is 12.7. The Hall–Kier alpha value is -1.59. The van der Waals surface area contributed by atoms with Crippen LogP contribution in [-0.4, -0.2) is 60.9 Å². The van der Waals surface area contributed by atoms with Crippen LogP contribution in [0.3, 0.4) is 0 Å². The van der Waals surface area contributed by atoms with Crippen LogP contribution in [-0.2, 0) is 16.6 Å². The molecule has 2 aliphatic heterocycles. The summed E-state index contributed by atoms with van der Waals surface area (Å²) in [6.45, 7) is 0.941. The summed E-state index contributed by atoms with van der Waals surface area (Å²) in [5.41, 5.74) is 0.696. The Balaban J connectivity index is 1.87. The van der Waals surface area contributed by atoms with Gasteiger partial charge in [0.2, 0.25) is 0 Å². The Morgan fingerprint density at radius 3 is 2.88 bits per heavy atom. The number of benzene rings is 1. The number of methoxy groups -OCH3 is 1. The van der Waals surface area contributed by atoms with Crippen LogP contribution in [0.15, 0.2) is 12.1 Å². The number of ether oxygens (including phenoxy) is 2. The normalized spacial score (nSPS) is 40.8. The molecule has 128 valence electrons. The van der Waals surface area contributed by atoms with E-state index < -0.39 is 17.1 Å². The minimum absolute atomic E-state index is 0.0557. The Kier molecular flexibility index (Phi) is 2.54. The van der Waals surface area contributed by atoms with Crippen LogP contribution in [0.5, 0.6) is 11.5 Å². The van der Waals surface area contributed by atoms with Gasteiger partial charge in [-0.1, -0.05) is 0 Å². The molecule has 2 fully saturated rings. The second kappa shape index (κ2) is 4.14. The first-order chi connectivity index (χ1) is 11.3. The highest BCUT2D eigenvalue weighted by Crippen LogP contribution is 2.65. The lowest BCUT2D eigenvalue weighted by Crippen LogP contribution is -2.79. The minimum atomic E-state index is -0.891. The highest BCUT2D eigenvalue weighted by Gasteiger charge is 2.75. The van der Waals surface area contributed by atoms with Gasteiger partial charge in [-0.15, -0.1) is 0 Å². The van der Waals surface area contributed by atoms with E-state index in [1.807, 2.05) is 12.1 Å². The van der Waals surface area contributed by atoms with Crippen LogP contribution < -0.4 is 9.47 Å². The number of carbonyl (C=O) groups is 1. The van der Waals surface area contributed by atoms with Crippen molar-refractivity contribution < 1.29 is 23.9 Å². The molecule has 1 saturated carbocycles. The van der Waals surface area contributed by atoms with Crippen molar-refractivity contribution in [1.82, 2.24) is 0 Å². The van der Waals surface area contributed by atoms with Gasteiger partial charge < -0.3 is 19.1 Å². The molecule has 1 unspecified atom stereocenters. The maximum Gasteiger partial charge on any atom is 0.174 e. The minimum Gasteiger partial charge on any atom is -0.496 e. The first-order valence-corrected chi connectivity index (χ1v) is 8.80. The van der Waals surface area contributed by atoms with Crippen molar-refractivity contribution >= 4 is 5.78 Å². The molecule has 2 aliphatic carbocycles. The molecular formula is C19H24NO4+. The van der Waals surface area contributed by atoms with E-state index >= 15 is 0 Å². The molecular weight excluding hydrogens is 306 g/mol. The fraction of sp³-hybridized carbons (Fsp3) is 0.632. The molecule has 1 aromatic carbocycles. The number of aliphatic hydroxyl groups is 1. The van der Waals surface area contributed by atoms with E-state index in [2.05, 4.69) is 14.1 Å². The first kappa shape index (κ1) is 14.7. The average molecular weight is 330 g/mol. The lowest BCUT2D eigenvalue weighted by molar-refractivity contribution is -0.931. The van der Waals surface area contributed by atoms with Gasteiger partial charge in [0.25, 0.3) is 0 Å². The summed E-state index contributed by atoms with van der Waals surface area (Å²) in [6, 6.07) is 3.90. The van der Waals surface area contributed by atoms with Crippen LogP contribution in [0.2, 0.25) is 0 Å². The van der Waals surface area contributed by atoms with Crippen LogP contribution in [0.25, 0.3) is 0 Å². The Morgan fingerprint density at radius 2 is 2.12 bits per heavy atom. The van der Waals surface area contributed by atoms with Crippen molar-refractivity contribution in [3.05, 3.63) is 23.3 Å². The molecule has 5 nitrogen and oxygen atoms in total. The van der Waals surface area contributed by atoms with Crippen molar-refractivity contribution in [2.24, 2.45) is 0 Å². The molecule has 4 aliphatic rings. The second-order valence-corrected chi connectivity index (χ2v) is 8.45. The summed E-state index contributed by atoms with van der Waals surface area (Å²) in [5, 5.41) is 11.9. The number of nitrogens with zero attached hydrogens (tertiary/aromatic N) is 1. The van der Waals surface area contributed by atoms with Gasteiger partial charge in [0, 0.05) is 30.4 Å². The summed E-state index contributed by atoms with van der Waals surface area (Å²) in [7, 11) is 6.07. The van der Waals surface area contributed by atoms with Crippen molar-refractivity contribution in [1.29, 1.82) is 0 Å². The highest BCUT2D eigenvalue weighted by molar-refractivity contribution is 5.89. The maximum absolute atomic E-state index is 12.7. The quantitative estimate of drug-likeness (QED) is 0.786. The number of hydrogen-bond donors (Lipinski definition) is 1. The first-order valence-electron chi connectivity index (χ1n) is 8.80. The molecule has 5 heteroatoms. The molecule has 4 atom stereocenters. The standard InChI is InChI=1S/C19H24NO4/c1-20(2)9-8-18-16-11-10-15(20)19(18,22)7-6-12(21)17(18)24-14(16)5-4-13(11)23-3/h4-5,15,17,22H,6-10H2,1-3H3/q+1/t15-,17?,18+,19+/m0/s1. The smallest absolute Gasteiger partial charge is 0.174 e. The van der Waals surface area contributed by atoms with Gasteiger partial charge in [-0.3, -0.25) is 4.79 Å². The van der Waals surface area contributed by atoms with E-state index in [9.17, 15) is 9.90 Å². The number of Topliss-reactive ketones (excluding diaryl/α,β-unsaturated/α-hetero) is 1. The Labute approximate surface area is 141 Å².